The molecule has 112 valence electrons. The number of unbranched alkanes of at least 4 members (excludes halogenated alkanes) is 7. The number of carbonyl (C=O) groups excluding carboxylic acids is 1. The number of hydrogen-bond donors (Lipinski definition) is 0. The van der Waals surface area contributed by atoms with E-state index in [4.69, 9.17) is 4.74 Å². The molecule has 0 amide bonds. The topological polar surface area (TPSA) is 26.3 Å². The summed E-state index contributed by atoms with van der Waals surface area (Å²) < 4.78 is 5.66. The fraction of sp³-hybridized carbons (Fsp3) is 0.611. The van der Waals surface area contributed by atoms with Gasteiger partial charge in [0.05, 0.1) is 0 Å². The Balaban J connectivity index is 2.05. The predicted molar refractivity (Wildman–Crippen MR) is 84.1 cm³/mol. The third-order valence-corrected chi connectivity index (χ3v) is 3.52. The third kappa shape index (κ3) is 7.98. The number of carbonyl (C=O) groups is 1. The van der Waals surface area contributed by atoms with Crippen molar-refractivity contribution in [3.63, 3.8) is 0 Å². The van der Waals surface area contributed by atoms with Gasteiger partial charge >= 0.3 is 0 Å². The van der Waals surface area contributed by atoms with Gasteiger partial charge in [-0.3, -0.25) is 4.79 Å². The van der Waals surface area contributed by atoms with Crippen LogP contribution >= 0.6 is 0 Å². The molecular weight excluding hydrogens is 248 g/mol. The Bertz CT molecular complexity index is 335. The second-order valence-electron chi connectivity index (χ2n) is 5.37. The highest BCUT2D eigenvalue weighted by atomic mass is 16.5. The van der Waals surface area contributed by atoms with Gasteiger partial charge in [-0.05, 0) is 25.0 Å². The van der Waals surface area contributed by atoms with Gasteiger partial charge in [-0.1, -0.05) is 70.1 Å². The van der Waals surface area contributed by atoms with Gasteiger partial charge in [-0.15, -0.1) is 0 Å². The lowest BCUT2D eigenvalue weighted by Gasteiger charge is -2.13. The molecule has 2 heteroatoms. The fourth-order valence-electron chi connectivity index (χ4n) is 2.31. The molecular formula is C18H28O2. The van der Waals surface area contributed by atoms with Gasteiger partial charge in [0.15, 0.2) is 12.4 Å². The Morgan fingerprint density at radius 3 is 2.15 bits per heavy atom. The summed E-state index contributed by atoms with van der Waals surface area (Å²) in [6.07, 6.45) is 11.7. The average molecular weight is 276 g/mol. The van der Waals surface area contributed by atoms with Gasteiger partial charge < -0.3 is 4.74 Å². The molecule has 0 N–H and O–H groups in total. The van der Waals surface area contributed by atoms with Crippen LogP contribution in [0.15, 0.2) is 30.3 Å². The zero-order valence-electron chi connectivity index (χ0n) is 12.7. The molecule has 1 atom stereocenters. The number of aldehydes is 1. The number of ether oxygens (including phenoxy) is 1. The van der Waals surface area contributed by atoms with Crippen molar-refractivity contribution in [1.29, 1.82) is 0 Å². The van der Waals surface area contributed by atoms with Crippen LogP contribution in [0.3, 0.4) is 0 Å². The molecule has 0 aromatic heterocycles. The molecule has 0 aliphatic heterocycles. The van der Waals surface area contributed by atoms with Crippen molar-refractivity contribution >= 4 is 6.29 Å². The molecule has 0 saturated heterocycles. The van der Waals surface area contributed by atoms with E-state index in [9.17, 15) is 4.79 Å². The first-order chi connectivity index (χ1) is 9.86. The number of para-hydroxylation sites is 1. The minimum atomic E-state index is -0.294. The molecule has 0 aliphatic rings. The van der Waals surface area contributed by atoms with Crippen LogP contribution in [0.5, 0.6) is 5.75 Å². The fourth-order valence-corrected chi connectivity index (χ4v) is 2.31. The van der Waals surface area contributed by atoms with E-state index in [1.54, 1.807) is 0 Å². The summed E-state index contributed by atoms with van der Waals surface area (Å²) in [5.41, 5.74) is 0. The summed E-state index contributed by atoms with van der Waals surface area (Å²) in [5, 5.41) is 0. The normalized spacial score (nSPS) is 12.1. The van der Waals surface area contributed by atoms with Gasteiger partial charge in [0.1, 0.15) is 5.75 Å². The molecule has 0 bridgehead atoms. The first-order valence-electron chi connectivity index (χ1n) is 8.03. The van der Waals surface area contributed by atoms with Crippen molar-refractivity contribution in [2.24, 2.45) is 0 Å². The van der Waals surface area contributed by atoms with Crippen molar-refractivity contribution in [2.45, 2.75) is 70.8 Å². The van der Waals surface area contributed by atoms with E-state index < -0.39 is 0 Å². The Kier molecular flexibility index (Phi) is 9.64. The lowest BCUT2D eigenvalue weighted by atomic mass is 10.1. The second-order valence-corrected chi connectivity index (χ2v) is 5.37. The minimum Gasteiger partial charge on any atom is -0.483 e. The van der Waals surface area contributed by atoms with Gasteiger partial charge in [-0.2, -0.15) is 0 Å². The lowest BCUT2D eigenvalue weighted by Crippen LogP contribution is -2.17. The van der Waals surface area contributed by atoms with Crippen LogP contribution in [0.2, 0.25) is 0 Å². The van der Waals surface area contributed by atoms with E-state index >= 15 is 0 Å². The Hall–Kier alpha value is -1.31. The van der Waals surface area contributed by atoms with Crippen molar-refractivity contribution in [1.82, 2.24) is 0 Å². The van der Waals surface area contributed by atoms with E-state index in [1.165, 1.54) is 44.9 Å². The molecule has 1 aromatic carbocycles. The van der Waals surface area contributed by atoms with E-state index in [0.29, 0.717) is 0 Å². The van der Waals surface area contributed by atoms with Crippen LogP contribution in [-0.4, -0.2) is 12.4 Å². The Morgan fingerprint density at radius 2 is 1.55 bits per heavy atom. The quantitative estimate of drug-likeness (QED) is 0.389. The van der Waals surface area contributed by atoms with Crippen molar-refractivity contribution in [2.75, 3.05) is 0 Å². The van der Waals surface area contributed by atoms with Crippen LogP contribution in [0, 0.1) is 0 Å². The summed E-state index contributed by atoms with van der Waals surface area (Å²) in [7, 11) is 0. The highest BCUT2D eigenvalue weighted by Crippen LogP contribution is 2.15. The van der Waals surface area contributed by atoms with Gasteiger partial charge in [0.25, 0.3) is 0 Å². The van der Waals surface area contributed by atoms with E-state index in [2.05, 4.69) is 6.92 Å². The zero-order valence-corrected chi connectivity index (χ0v) is 12.7. The van der Waals surface area contributed by atoms with E-state index in [1.807, 2.05) is 30.3 Å². The smallest absolute Gasteiger partial charge is 0.160 e. The van der Waals surface area contributed by atoms with E-state index in [-0.39, 0.29) is 6.10 Å². The summed E-state index contributed by atoms with van der Waals surface area (Å²) in [4.78, 5) is 11.0. The summed E-state index contributed by atoms with van der Waals surface area (Å²) in [6, 6.07) is 9.58. The van der Waals surface area contributed by atoms with Crippen molar-refractivity contribution in [3.05, 3.63) is 30.3 Å². The monoisotopic (exact) mass is 276 g/mol. The molecule has 1 unspecified atom stereocenters. The maximum Gasteiger partial charge on any atom is 0.160 e. The highest BCUT2D eigenvalue weighted by molar-refractivity contribution is 5.56. The molecule has 2 nitrogen and oxygen atoms in total. The zero-order chi connectivity index (χ0) is 14.5. The molecule has 20 heavy (non-hydrogen) atoms. The minimum absolute atomic E-state index is 0.294. The van der Waals surface area contributed by atoms with Gasteiger partial charge in [0.2, 0.25) is 0 Å². The third-order valence-electron chi connectivity index (χ3n) is 3.52. The standard InChI is InChI=1S/C18H28O2/c1-2-3-4-5-6-7-8-10-15-18(16-19)20-17-13-11-9-12-14-17/h9,11-14,16,18H,2-8,10,15H2,1H3. The predicted octanol–water partition coefficient (Wildman–Crippen LogP) is 5.16. The van der Waals surface area contributed by atoms with Crippen molar-refractivity contribution < 1.29 is 9.53 Å². The number of rotatable bonds is 12. The van der Waals surface area contributed by atoms with Crippen LogP contribution in [0.1, 0.15) is 64.7 Å². The number of hydrogen-bond acceptors (Lipinski definition) is 2. The molecule has 0 radical (unpaired) electrons. The first kappa shape index (κ1) is 16.7. The summed E-state index contributed by atoms with van der Waals surface area (Å²) in [6.45, 7) is 2.24. The average Bonchev–Trinajstić information content (AvgIpc) is 2.49. The Morgan fingerprint density at radius 1 is 0.950 bits per heavy atom. The molecule has 0 heterocycles. The first-order valence-corrected chi connectivity index (χ1v) is 8.03. The van der Waals surface area contributed by atoms with Crippen molar-refractivity contribution in [3.8, 4) is 5.75 Å². The second kappa shape index (κ2) is 11.5. The molecule has 0 aliphatic carbocycles. The van der Waals surface area contributed by atoms with Crippen LogP contribution in [-0.2, 0) is 4.79 Å². The van der Waals surface area contributed by atoms with E-state index in [0.717, 1.165) is 24.9 Å². The number of benzene rings is 1. The van der Waals surface area contributed by atoms with Crippen LogP contribution < -0.4 is 4.74 Å². The molecule has 0 saturated carbocycles. The summed E-state index contributed by atoms with van der Waals surface area (Å²) in [5.74, 6) is 0.782. The lowest BCUT2D eigenvalue weighted by molar-refractivity contribution is -0.114. The Labute approximate surface area is 123 Å². The van der Waals surface area contributed by atoms with Crippen LogP contribution in [0.4, 0.5) is 0 Å². The largest absolute Gasteiger partial charge is 0.483 e. The SMILES string of the molecule is CCCCCCCCCCC(C=O)Oc1ccccc1. The molecule has 0 spiro atoms. The van der Waals surface area contributed by atoms with Crippen LogP contribution in [0.25, 0.3) is 0 Å². The maximum absolute atomic E-state index is 11.0. The van der Waals surface area contributed by atoms with Gasteiger partial charge in [-0.25, -0.2) is 0 Å². The highest BCUT2D eigenvalue weighted by Gasteiger charge is 2.08. The maximum atomic E-state index is 11.0. The van der Waals surface area contributed by atoms with Gasteiger partial charge in [0, 0.05) is 0 Å². The molecule has 1 aromatic rings. The molecule has 0 fully saturated rings. The molecule has 1 rings (SSSR count). The summed E-state index contributed by atoms with van der Waals surface area (Å²) >= 11 is 0.